The van der Waals surface area contributed by atoms with Crippen molar-refractivity contribution in [2.75, 3.05) is 6.79 Å². The Bertz CT molecular complexity index is 943. The van der Waals surface area contributed by atoms with Crippen molar-refractivity contribution < 1.29 is 19.1 Å². The van der Waals surface area contributed by atoms with E-state index in [0.717, 1.165) is 5.56 Å². The minimum Gasteiger partial charge on any atom is -0.454 e. The Morgan fingerprint density at radius 2 is 1.82 bits per heavy atom. The van der Waals surface area contributed by atoms with Crippen molar-refractivity contribution in [2.45, 2.75) is 25.6 Å². The number of piperidine rings is 1. The molecular formula is C21H21N3O4. The van der Waals surface area contributed by atoms with Crippen LogP contribution in [-0.4, -0.2) is 24.6 Å². The number of fused-ring (bicyclic) bond motifs is 2. The number of ether oxygens (including phenoxy) is 2. The molecule has 0 saturated carbocycles. The van der Waals surface area contributed by atoms with E-state index in [1.54, 1.807) is 18.2 Å². The van der Waals surface area contributed by atoms with Gasteiger partial charge in [0.15, 0.2) is 17.3 Å². The molecule has 28 heavy (non-hydrogen) atoms. The number of hydrogen-bond acceptors (Lipinski definition) is 6. The topological polar surface area (TPSA) is 88.7 Å². The highest BCUT2D eigenvalue weighted by Crippen LogP contribution is 2.40. The average molecular weight is 379 g/mol. The number of Topliss-reactive ketones (excluding diaryl/α,β-unsaturated/α-hetero) is 1. The largest absolute Gasteiger partial charge is 0.454 e. The third kappa shape index (κ3) is 2.83. The Labute approximate surface area is 162 Å². The summed E-state index contributed by atoms with van der Waals surface area (Å²) >= 11 is 0. The van der Waals surface area contributed by atoms with Gasteiger partial charge in [-0.1, -0.05) is 29.8 Å². The molecule has 1 amide bonds. The molecule has 0 spiro atoms. The highest BCUT2D eigenvalue weighted by atomic mass is 16.7. The Balaban J connectivity index is 1.48. The zero-order valence-corrected chi connectivity index (χ0v) is 15.4. The predicted molar refractivity (Wildman–Crippen MR) is 101 cm³/mol. The zero-order valence-electron chi connectivity index (χ0n) is 15.4. The molecule has 0 aliphatic carbocycles. The SMILES string of the molecule is Cc1ccc(C2NNC3NC(=O)CC(C(=O)c4ccc5c(c4)OCO5)C32)cc1. The van der Waals surface area contributed by atoms with Gasteiger partial charge in [-0.3, -0.25) is 9.59 Å². The van der Waals surface area contributed by atoms with Gasteiger partial charge in [-0.2, -0.15) is 0 Å². The highest BCUT2D eigenvalue weighted by molar-refractivity contribution is 6.01. The van der Waals surface area contributed by atoms with Gasteiger partial charge in [-0.05, 0) is 30.7 Å². The lowest BCUT2D eigenvalue weighted by atomic mass is 9.74. The molecule has 144 valence electrons. The Hall–Kier alpha value is -2.90. The number of hydrazine groups is 1. The molecule has 7 nitrogen and oxygen atoms in total. The van der Waals surface area contributed by atoms with Gasteiger partial charge < -0.3 is 14.8 Å². The number of benzene rings is 2. The molecule has 2 aromatic carbocycles. The van der Waals surface area contributed by atoms with Gasteiger partial charge in [0.05, 0.1) is 12.2 Å². The summed E-state index contributed by atoms with van der Waals surface area (Å²) in [5.74, 6) is 0.495. The van der Waals surface area contributed by atoms with Crippen LogP contribution in [0.3, 0.4) is 0 Å². The van der Waals surface area contributed by atoms with E-state index in [0.29, 0.717) is 17.1 Å². The van der Waals surface area contributed by atoms with E-state index in [-0.39, 0.29) is 43.0 Å². The van der Waals surface area contributed by atoms with Gasteiger partial charge in [-0.15, -0.1) is 0 Å². The summed E-state index contributed by atoms with van der Waals surface area (Å²) in [4.78, 5) is 25.6. The summed E-state index contributed by atoms with van der Waals surface area (Å²) in [7, 11) is 0. The molecule has 0 bridgehead atoms. The molecular weight excluding hydrogens is 358 g/mol. The Morgan fingerprint density at radius 3 is 2.64 bits per heavy atom. The van der Waals surface area contributed by atoms with Crippen molar-refractivity contribution >= 4 is 11.7 Å². The standard InChI is InChI=1S/C21H21N3O4/c1-11-2-4-12(5-3-11)19-18-14(9-17(25)22-21(18)24-23-19)20(26)13-6-7-15-16(8-13)28-10-27-15/h2-8,14,18-19,21,23-24H,9-10H2,1H3,(H,22,25). The van der Waals surface area contributed by atoms with Crippen LogP contribution in [0, 0.1) is 18.8 Å². The molecule has 5 rings (SSSR count). The molecule has 2 saturated heterocycles. The highest BCUT2D eigenvalue weighted by Gasteiger charge is 2.49. The average Bonchev–Trinajstić information content (AvgIpc) is 3.33. The van der Waals surface area contributed by atoms with Crippen LogP contribution in [0.15, 0.2) is 42.5 Å². The minimum atomic E-state index is -0.437. The first-order chi connectivity index (χ1) is 13.6. The van der Waals surface area contributed by atoms with E-state index >= 15 is 0 Å². The molecule has 3 N–H and O–H groups in total. The molecule has 7 heteroatoms. The molecule has 2 aromatic rings. The summed E-state index contributed by atoms with van der Waals surface area (Å²) in [5, 5.41) is 2.96. The Morgan fingerprint density at radius 1 is 1.04 bits per heavy atom. The van der Waals surface area contributed by atoms with Crippen molar-refractivity contribution in [3.63, 3.8) is 0 Å². The molecule has 0 aromatic heterocycles. The molecule has 4 unspecified atom stereocenters. The van der Waals surface area contributed by atoms with Gasteiger partial charge in [-0.25, -0.2) is 10.9 Å². The first kappa shape index (κ1) is 17.2. The number of carbonyl (C=O) groups excluding carboxylic acids is 2. The smallest absolute Gasteiger partial charge is 0.231 e. The number of hydrogen-bond donors (Lipinski definition) is 3. The number of rotatable bonds is 3. The number of nitrogens with one attached hydrogen (secondary N) is 3. The fraction of sp³-hybridized carbons (Fsp3) is 0.333. The van der Waals surface area contributed by atoms with Crippen LogP contribution in [0.1, 0.15) is 33.9 Å². The first-order valence-electron chi connectivity index (χ1n) is 9.41. The second kappa shape index (κ2) is 6.61. The van der Waals surface area contributed by atoms with E-state index in [9.17, 15) is 9.59 Å². The second-order valence-corrected chi connectivity index (χ2v) is 7.54. The lowest BCUT2D eigenvalue weighted by molar-refractivity contribution is -0.125. The molecule has 2 fully saturated rings. The lowest BCUT2D eigenvalue weighted by Gasteiger charge is -2.35. The maximum absolute atomic E-state index is 13.4. The summed E-state index contributed by atoms with van der Waals surface area (Å²) in [6.07, 6.45) is -0.129. The van der Waals surface area contributed by atoms with Gasteiger partial charge in [0, 0.05) is 23.8 Å². The number of ketones is 1. The van der Waals surface area contributed by atoms with E-state index in [2.05, 4.69) is 40.4 Å². The molecule has 3 heterocycles. The van der Waals surface area contributed by atoms with Crippen LogP contribution in [0.2, 0.25) is 0 Å². The quantitative estimate of drug-likeness (QED) is 0.706. The summed E-state index contributed by atoms with van der Waals surface area (Å²) in [6.45, 7) is 2.20. The van der Waals surface area contributed by atoms with Crippen molar-refractivity contribution in [1.29, 1.82) is 0 Å². The fourth-order valence-electron chi connectivity index (χ4n) is 4.34. The van der Waals surface area contributed by atoms with Gasteiger partial charge in [0.25, 0.3) is 0 Å². The second-order valence-electron chi connectivity index (χ2n) is 7.54. The monoisotopic (exact) mass is 379 g/mol. The van der Waals surface area contributed by atoms with Crippen LogP contribution in [0.4, 0.5) is 0 Å². The van der Waals surface area contributed by atoms with Crippen LogP contribution in [0.5, 0.6) is 11.5 Å². The maximum Gasteiger partial charge on any atom is 0.231 e. The van der Waals surface area contributed by atoms with Crippen LogP contribution in [-0.2, 0) is 4.79 Å². The van der Waals surface area contributed by atoms with Crippen molar-refractivity contribution in [3.05, 3.63) is 59.2 Å². The minimum absolute atomic E-state index is 0.0502. The van der Waals surface area contributed by atoms with Gasteiger partial charge >= 0.3 is 0 Å². The van der Waals surface area contributed by atoms with Crippen molar-refractivity contribution in [3.8, 4) is 11.5 Å². The Kier molecular flexibility index (Phi) is 4.07. The number of amides is 1. The summed E-state index contributed by atoms with van der Waals surface area (Å²) < 4.78 is 10.7. The summed E-state index contributed by atoms with van der Waals surface area (Å²) in [6, 6.07) is 13.4. The third-order valence-corrected chi connectivity index (χ3v) is 5.78. The number of aryl methyl sites for hydroxylation is 1. The van der Waals surface area contributed by atoms with E-state index in [1.165, 1.54) is 5.56 Å². The van der Waals surface area contributed by atoms with Gasteiger partial charge in [0.1, 0.15) is 0 Å². The first-order valence-corrected chi connectivity index (χ1v) is 9.41. The zero-order chi connectivity index (χ0) is 19.3. The third-order valence-electron chi connectivity index (χ3n) is 5.78. The molecule has 3 aliphatic rings. The van der Waals surface area contributed by atoms with E-state index < -0.39 is 5.92 Å². The van der Waals surface area contributed by atoms with Crippen LogP contribution in [0.25, 0.3) is 0 Å². The number of carbonyl (C=O) groups is 2. The molecule has 4 atom stereocenters. The molecule has 0 radical (unpaired) electrons. The predicted octanol–water partition coefficient (Wildman–Crippen LogP) is 1.83. The molecule has 3 aliphatic heterocycles. The van der Waals surface area contributed by atoms with Crippen molar-refractivity contribution in [2.24, 2.45) is 11.8 Å². The van der Waals surface area contributed by atoms with Crippen LogP contribution >= 0.6 is 0 Å². The van der Waals surface area contributed by atoms with Crippen LogP contribution < -0.4 is 25.6 Å². The summed E-state index contributed by atoms with van der Waals surface area (Å²) in [5.41, 5.74) is 9.23. The van der Waals surface area contributed by atoms with Crippen molar-refractivity contribution in [1.82, 2.24) is 16.2 Å². The fourth-order valence-corrected chi connectivity index (χ4v) is 4.34. The normalized spacial score (nSPS) is 28.0. The maximum atomic E-state index is 13.4. The van der Waals surface area contributed by atoms with E-state index in [1.807, 2.05) is 6.92 Å². The lowest BCUT2D eigenvalue weighted by Crippen LogP contribution is -2.54. The van der Waals surface area contributed by atoms with Gasteiger partial charge in [0.2, 0.25) is 12.7 Å². The van der Waals surface area contributed by atoms with E-state index in [4.69, 9.17) is 9.47 Å².